The highest BCUT2D eigenvalue weighted by atomic mass is 16.5. The number of hydrogen-bond acceptors (Lipinski definition) is 3. The molecule has 3 atom stereocenters. The first-order valence-corrected chi connectivity index (χ1v) is 9.90. The van der Waals surface area contributed by atoms with Crippen molar-refractivity contribution in [2.45, 2.75) is 50.1 Å². The Kier molecular flexibility index (Phi) is 5.01. The van der Waals surface area contributed by atoms with Gasteiger partial charge in [-0.2, -0.15) is 0 Å². The molecule has 0 aromatic heterocycles. The fourth-order valence-electron chi connectivity index (χ4n) is 4.90. The Bertz CT molecular complexity index is 735. The highest BCUT2D eigenvalue weighted by Crippen LogP contribution is 2.43. The lowest BCUT2D eigenvalue weighted by Crippen LogP contribution is -2.60. The van der Waals surface area contributed by atoms with Crippen LogP contribution in [0.5, 0.6) is 5.75 Å². The average Bonchev–Trinajstić information content (AvgIpc) is 2.70. The first-order chi connectivity index (χ1) is 12.7. The number of benzene rings is 2. The van der Waals surface area contributed by atoms with Gasteiger partial charge < -0.3 is 15.4 Å². The minimum absolute atomic E-state index is 0.175. The van der Waals surface area contributed by atoms with Crippen molar-refractivity contribution in [1.82, 2.24) is 10.6 Å². The van der Waals surface area contributed by atoms with E-state index in [0.29, 0.717) is 12.0 Å². The Hall–Kier alpha value is -1.84. The lowest BCUT2D eigenvalue weighted by atomic mass is 9.71. The van der Waals surface area contributed by atoms with Crippen LogP contribution < -0.4 is 15.4 Å². The second-order valence-electron chi connectivity index (χ2n) is 7.92. The van der Waals surface area contributed by atoms with Crippen LogP contribution in [0.3, 0.4) is 0 Å². The van der Waals surface area contributed by atoms with Crippen LogP contribution in [0.25, 0.3) is 0 Å². The predicted octanol–water partition coefficient (Wildman–Crippen LogP) is 4.33. The average molecular weight is 351 g/mol. The van der Waals surface area contributed by atoms with Gasteiger partial charge >= 0.3 is 0 Å². The summed E-state index contributed by atoms with van der Waals surface area (Å²) in [7, 11) is 1.78. The minimum Gasteiger partial charge on any atom is -0.496 e. The van der Waals surface area contributed by atoms with Crippen molar-refractivity contribution in [3.05, 3.63) is 65.2 Å². The Balaban J connectivity index is 1.55. The smallest absolute Gasteiger partial charge is 0.122 e. The van der Waals surface area contributed by atoms with Crippen LogP contribution in [0.15, 0.2) is 48.5 Å². The van der Waals surface area contributed by atoms with Crippen molar-refractivity contribution in [2.24, 2.45) is 0 Å². The van der Waals surface area contributed by atoms with Gasteiger partial charge in [-0.3, -0.25) is 0 Å². The third kappa shape index (κ3) is 3.26. The molecule has 2 saturated heterocycles. The van der Waals surface area contributed by atoms with E-state index in [4.69, 9.17) is 4.74 Å². The Morgan fingerprint density at radius 2 is 1.92 bits per heavy atom. The van der Waals surface area contributed by atoms with Crippen molar-refractivity contribution in [3.63, 3.8) is 0 Å². The van der Waals surface area contributed by atoms with Gasteiger partial charge in [-0.1, -0.05) is 42.5 Å². The van der Waals surface area contributed by atoms with Crippen molar-refractivity contribution in [3.8, 4) is 5.75 Å². The molecule has 138 valence electrons. The summed E-state index contributed by atoms with van der Waals surface area (Å²) in [4.78, 5) is 0. The number of piperidine rings is 2. The lowest BCUT2D eigenvalue weighted by Gasteiger charge is -2.50. The second kappa shape index (κ2) is 7.42. The Labute approximate surface area is 157 Å². The number of ether oxygens (including phenoxy) is 1. The molecule has 0 bridgehead atoms. The predicted molar refractivity (Wildman–Crippen MR) is 107 cm³/mol. The first-order valence-electron chi connectivity index (χ1n) is 9.90. The molecule has 0 aliphatic carbocycles. The number of methoxy groups -OCH3 is 1. The minimum atomic E-state index is 0.175. The normalized spacial score (nSPS) is 28.8. The van der Waals surface area contributed by atoms with Crippen LogP contribution in [-0.2, 0) is 0 Å². The molecule has 2 N–H and O–H groups in total. The molecule has 2 aromatic carbocycles. The molecular weight excluding hydrogens is 320 g/mol. The van der Waals surface area contributed by atoms with Crippen LogP contribution in [0, 0.1) is 6.92 Å². The molecule has 0 saturated carbocycles. The third-order valence-electron chi connectivity index (χ3n) is 6.30. The van der Waals surface area contributed by atoms with Crippen LogP contribution >= 0.6 is 0 Å². The van der Waals surface area contributed by atoms with Crippen molar-refractivity contribution in [1.29, 1.82) is 0 Å². The van der Waals surface area contributed by atoms with Crippen LogP contribution in [0.4, 0.5) is 0 Å². The largest absolute Gasteiger partial charge is 0.496 e. The quantitative estimate of drug-likeness (QED) is 0.864. The van der Waals surface area contributed by atoms with Gasteiger partial charge in [-0.15, -0.1) is 0 Å². The standard InChI is InChI=1S/C23H30N2O/c1-17-9-10-20(21(15-17)26-2)19-11-13-23(25-16-19)12-6-14-24-22(23)18-7-4-3-5-8-18/h3-5,7-10,15,19,22,24-25H,6,11-14,16H2,1-2H3/t19-,22?,23-/m0/s1. The molecule has 0 amide bonds. The molecule has 0 radical (unpaired) electrons. The van der Waals surface area contributed by atoms with E-state index in [1.165, 1.54) is 42.4 Å². The molecule has 2 aliphatic rings. The second-order valence-corrected chi connectivity index (χ2v) is 7.92. The van der Waals surface area contributed by atoms with E-state index < -0.39 is 0 Å². The zero-order valence-corrected chi connectivity index (χ0v) is 15.9. The Morgan fingerprint density at radius 1 is 1.08 bits per heavy atom. The Morgan fingerprint density at radius 3 is 2.65 bits per heavy atom. The summed E-state index contributed by atoms with van der Waals surface area (Å²) in [5.41, 5.74) is 4.19. The molecule has 1 unspecified atom stereocenters. The molecule has 4 rings (SSSR count). The van der Waals surface area contributed by atoms with Gasteiger partial charge in [0.1, 0.15) is 5.75 Å². The molecule has 2 aromatic rings. The monoisotopic (exact) mass is 350 g/mol. The van der Waals surface area contributed by atoms with Crippen LogP contribution in [0.2, 0.25) is 0 Å². The molecule has 2 heterocycles. The fraction of sp³-hybridized carbons (Fsp3) is 0.478. The van der Waals surface area contributed by atoms with E-state index in [1.54, 1.807) is 7.11 Å². The molecule has 2 aliphatic heterocycles. The van der Waals surface area contributed by atoms with Crippen molar-refractivity contribution in [2.75, 3.05) is 20.2 Å². The molecule has 1 spiro atoms. The lowest BCUT2D eigenvalue weighted by molar-refractivity contribution is 0.131. The number of rotatable bonds is 3. The number of aryl methyl sites for hydroxylation is 1. The maximum Gasteiger partial charge on any atom is 0.122 e. The van der Waals surface area contributed by atoms with Crippen molar-refractivity contribution >= 4 is 0 Å². The highest BCUT2D eigenvalue weighted by Gasteiger charge is 2.44. The van der Waals surface area contributed by atoms with Crippen LogP contribution in [0.1, 0.15) is 54.3 Å². The summed E-state index contributed by atoms with van der Waals surface area (Å²) < 4.78 is 5.67. The summed E-state index contributed by atoms with van der Waals surface area (Å²) in [5.74, 6) is 1.56. The molecule has 3 heteroatoms. The van der Waals surface area contributed by atoms with E-state index >= 15 is 0 Å². The zero-order chi connectivity index (χ0) is 18.0. The highest BCUT2D eigenvalue weighted by molar-refractivity contribution is 5.40. The van der Waals surface area contributed by atoms with Gasteiger partial charge in [0, 0.05) is 18.0 Å². The maximum atomic E-state index is 5.67. The topological polar surface area (TPSA) is 33.3 Å². The van der Waals surface area contributed by atoms with Crippen LogP contribution in [-0.4, -0.2) is 25.7 Å². The van der Waals surface area contributed by atoms with E-state index in [0.717, 1.165) is 18.8 Å². The summed E-state index contributed by atoms with van der Waals surface area (Å²) in [6, 6.07) is 18.0. The van der Waals surface area contributed by atoms with Gasteiger partial charge in [0.15, 0.2) is 0 Å². The van der Waals surface area contributed by atoms with Crippen molar-refractivity contribution < 1.29 is 4.74 Å². The summed E-state index contributed by atoms with van der Waals surface area (Å²) in [6.45, 7) is 4.25. The van der Waals surface area contributed by atoms with Gasteiger partial charge in [-0.25, -0.2) is 0 Å². The van der Waals surface area contributed by atoms with Gasteiger partial charge in [0.25, 0.3) is 0 Å². The van der Waals surface area contributed by atoms with Gasteiger partial charge in [-0.05, 0) is 61.9 Å². The molecular formula is C23H30N2O. The summed E-state index contributed by atoms with van der Waals surface area (Å²) >= 11 is 0. The molecule has 2 fully saturated rings. The fourth-order valence-corrected chi connectivity index (χ4v) is 4.90. The summed E-state index contributed by atoms with van der Waals surface area (Å²) in [6.07, 6.45) is 4.89. The number of hydrogen-bond donors (Lipinski definition) is 2. The third-order valence-corrected chi connectivity index (χ3v) is 6.30. The van der Waals surface area contributed by atoms with Gasteiger partial charge in [0.2, 0.25) is 0 Å². The van der Waals surface area contributed by atoms with E-state index in [-0.39, 0.29) is 5.54 Å². The van der Waals surface area contributed by atoms with E-state index in [1.807, 2.05) is 0 Å². The SMILES string of the molecule is COc1cc(C)ccc1[C@H]1CC[C@]2(CCCNC2c2ccccc2)NC1. The van der Waals surface area contributed by atoms with E-state index in [9.17, 15) is 0 Å². The zero-order valence-electron chi connectivity index (χ0n) is 15.9. The number of nitrogens with one attached hydrogen (secondary N) is 2. The molecule has 26 heavy (non-hydrogen) atoms. The maximum absolute atomic E-state index is 5.67. The van der Waals surface area contributed by atoms with E-state index in [2.05, 4.69) is 66.1 Å². The molecule has 3 nitrogen and oxygen atoms in total. The first kappa shape index (κ1) is 17.6. The van der Waals surface area contributed by atoms with Gasteiger partial charge in [0.05, 0.1) is 13.2 Å². The summed E-state index contributed by atoms with van der Waals surface area (Å²) in [5, 5.41) is 7.77.